The molecule has 2 aliphatic rings. The number of amides is 1. The lowest BCUT2D eigenvalue weighted by Crippen LogP contribution is -2.37. The number of aromatic nitrogens is 4. The van der Waals surface area contributed by atoms with Crippen molar-refractivity contribution in [2.45, 2.75) is 33.5 Å². The van der Waals surface area contributed by atoms with Gasteiger partial charge >= 0.3 is 0 Å². The molecule has 0 saturated carbocycles. The Kier molecular flexibility index (Phi) is 4.90. The smallest absolute Gasteiger partial charge is 0.260 e. The fourth-order valence-electron chi connectivity index (χ4n) is 4.13. The second-order valence-corrected chi connectivity index (χ2v) is 7.88. The zero-order valence-corrected chi connectivity index (χ0v) is 17.7. The molecule has 0 bridgehead atoms. The number of carbonyl (C=O) groups is 1. The van der Waals surface area contributed by atoms with Crippen molar-refractivity contribution in [3.05, 3.63) is 57.3 Å². The van der Waals surface area contributed by atoms with Crippen molar-refractivity contribution in [2.75, 3.05) is 31.2 Å². The molecule has 31 heavy (non-hydrogen) atoms. The number of hydrogen-bond acceptors (Lipinski definition) is 7. The topological polar surface area (TPSA) is 93.5 Å². The van der Waals surface area contributed by atoms with Crippen LogP contribution in [0.3, 0.4) is 0 Å². The minimum Gasteiger partial charge on any atom is -0.378 e. The number of rotatable bonds is 3. The normalized spacial score (nSPS) is 16.1. The van der Waals surface area contributed by atoms with E-state index in [9.17, 15) is 9.59 Å². The number of hydrogen-bond donors (Lipinski definition) is 0. The van der Waals surface area contributed by atoms with Gasteiger partial charge in [-0.15, -0.1) is 0 Å². The number of ether oxygens (including phenoxy) is 1. The van der Waals surface area contributed by atoms with Gasteiger partial charge in [0.05, 0.1) is 30.8 Å². The number of pyridine rings is 2. The Labute approximate surface area is 179 Å². The van der Waals surface area contributed by atoms with Crippen LogP contribution in [0.4, 0.5) is 5.95 Å². The third-order valence-electron chi connectivity index (χ3n) is 5.86. The Hall–Kier alpha value is -3.33. The quantitative estimate of drug-likeness (QED) is 0.634. The zero-order chi connectivity index (χ0) is 21.5. The minimum absolute atomic E-state index is 0.161. The average Bonchev–Trinajstić information content (AvgIpc) is 3.23. The third kappa shape index (κ3) is 3.44. The maximum Gasteiger partial charge on any atom is 0.260 e. The maximum absolute atomic E-state index is 13.3. The van der Waals surface area contributed by atoms with E-state index in [-0.39, 0.29) is 16.9 Å². The van der Waals surface area contributed by atoms with Crippen LogP contribution in [0.1, 0.15) is 34.2 Å². The number of aryl methyl sites for hydroxylation is 2. The van der Waals surface area contributed by atoms with E-state index in [0.29, 0.717) is 49.8 Å². The molecule has 0 spiro atoms. The van der Waals surface area contributed by atoms with Gasteiger partial charge in [0, 0.05) is 49.8 Å². The summed E-state index contributed by atoms with van der Waals surface area (Å²) in [5.41, 5.74) is 3.06. The molecule has 3 aromatic heterocycles. The number of anilines is 1. The third-order valence-corrected chi connectivity index (χ3v) is 5.86. The molecule has 160 valence electrons. The van der Waals surface area contributed by atoms with Crippen LogP contribution in [-0.2, 0) is 24.4 Å². The summed E-state index contributed by atoms with van der Waals surface area (Å²) in [4.78, 5) is 43.8. The lowest BCUT2D eigenvalue weighted by Gasteiger charge is -2.26. The van der Waals surface area contributed by atoms with E-state index in [1.807, 2.05) is 18.4 Å². The first-order valence-corrected chi connectivity index (χ1v) is 10.5. The van der Waals surface area contributed by atoms with Crippen molar-refractivity contribution >= 4 is 22.9 Å². The molecule has 0 aromatic carbocycles. The molecule has 9 nitrogen and oxygen atoms in total. The molecule has 1 amide bonds. The second-order valence-electron chi connectivity index (χ2n) is 7.88. The molecule has 0 radical (unpaired) electrons. The highest BCUT2D eigenvalue weighted by molar-refractivity contribution is 5.97. The van der Waals surface area contributed by atoms with Gasteiger partial charge in [-0.3, -0.25) is 9.59 Å². The predicted molar refractivity (Wildman–Crippen MR) is 115 cm³/mol. The van der Waals surface area contributed by atoms with Crippen LogP contribution >= 0.6 is 0 Å². The van der Waals surface area contributed by atoms with E-state index in [1.54, 1.807) is 29.4 Å². The SMILES string of the molecule is CCn1cc(C(=O)N2Cc3cnc(N4CCOCC4)nc3C2)c(=O)c2ccc(C)nc21. The molecule has 9 heteroatoms. The fraction of sp³-hybridized carbons (Fsp3) is 0.409. The van der Waals surface area contributed by atoms with Crippen LogP contribution < -0.4 is 10.3 Å². The Morgan fingerprint density at radius 1 is 1.16 bits per heavy atom. The molecule has 1 fully saturated rings. The monoisotopic (exact) mass is 420 g/mol. The van der Waals surface area contributed by atoms with Gasteiger partial charge in [0.1, 0.15) is 11.2 Å². The number of carbonyl (C=O) groups excluding carboxylic acids is 1. The highest BCUT2D eigenvalue weighted by Crippen LogP contribution is 2.24. The largest absolute Gasteiger partial charge is 0.378 e. The first kappa shape index (κ1) is 19.6. The second kappa shape index (κ2) is 7.73. The first-order valence-electron chi connectivity index (χ1n) is 10.5. The van der Waals surface area contributed by atoms with Gasteiger partial charge in [-0.25, -0.2) is 15.0 Å². The summed E-state index contributed by atoms with van der Waals surface area (Å²) in [6, 6.07) is 3.55. The van der Waals surface area contributed by atoms with Gasteiger partial charge in [0.15, 0.2) is 0 Å². The van der Waals surface area contributed by atoms with Crippen LogP contribution in [0, 0.1) is 6.92 Å². The van der Waals surface area contributed by atoms with Gasteiger partial charge in [-0.05, 0) is 26.0 Å². The summed E-state index contributed by atoms with van der Waals surface area (Å²) in [6.45, 7) is 8.05. The van der Waals surface area contributed by atoms with E-state index < -0.39 is 0 Å². The summed E-state index contributed by atoms with van der Waals surface area (Å²) >= 11 is 0. The van der Waals surface area contributed by atoms with E-state index >= 15 is 0 Å². The molecule has 1 saturated heterocycles. The van der Waals surface area contributed by atoms with E-state index in [2.05, 4.69) is 14.9 Å². The molecule has 3 aromatic rings. The van der Waals surface area contributed by atoms with Gasteiger partial charge < -0.3 is 19.1 Å². The number of nitrogens with zero attached hydrogens (tertiary/aromatic N) is 6. The zero-order valence-electron chi connectivity index (χ0n) is 17.7. The lowest BCUT2D eigenvalue weighted by molar-refractivity contribution is 0.0748. The van der Waals surface area contributed by atoms with Crippen LogP contribution in [0.15, 0.2) is 29.3 Å². The van der Waals surface area contributed by atoms with Crippen LogP contribution in [0.25, 0.3) is 11.0 Å². The molecule has 0 aliphatic carbocycles. The van der Waals surface area contributed by atoms with Crippen molar-refractivity contribution in [1.29, 1.82) is 0 Å². The fourth-order valence-corrected chi connectivity index (χ4v) is 4.13. The molecular weight excluding hydrogens is 396 g/mol. The van der Waals surface area contributed by atoms with E-state index in [1.165, 1.54) is 0 Å². The van der Waals surface area contributed by atoms with Gasteiger partial charge in [-0.2, -0.15) is 0 Å². The van der Waals surface area contributed by atoms with Crippen LogP contribution in [0.2, 0.25) is 0 Å². The molecular formula is C22H24N6O3. The minimum atomic E-state index is -0.291. The van der Waals surface area contributed by atoms with Crippen molar-refractivity contribution in [1.82, 2.24) is 24.4 Å². The molecule has 0 atom stereocenters. The summed E-state index contributed by atoms with van der Waals surface area (Å²) in [7, 11) is 0. The first-order chi connectivity index (χ1) is 15.0. The lowest BCUT2D eigenvalue weighted by atomic mass is 10.1. The van der Waals surface area contributed by atoms with E-state index in [4.69, 9.17) is 9.72 Å². The summed E-state index contributed by atoms with van der Waals surface area (Å²) in [5.74, 6) is 0.373. The molecule has 5 rings (SSSR count). The van der Waals surface area contributed by atoms with Crippen molar-refractivity contribution in [3.8, 4) is 0 Å². The van der Waals surface area contributed by atoms with Crippen molar-refractivity contribution in [3.63, 3.8) is 0 Å². The Morgan fingerprint density at radius 3 is 2.74 bits per heavy atom. The predicted octanol–water partition coefficient (Wildman–Crippen LogP) is 1.51. The summed E-state index contributed by atoms with van der Waals surface area (Å²) in [6.07, 6.45) is 3.42. The molecule has 0 unspecified atom stereocenters. The number of morpholine rings is 1. The van der Waals surface area contributed by atoms with E-state index in [0.717, 1.165) is 30.0 Å². The molecule has 2 aliphatic heterocycles. The Balaban J connectivity index is 1.45. The van der Waals surface area contributed by atoms with Crippen molar-refractivity contribution < 1.29 is 9.53 Å². The standard InChI is InChI=1S/C22H24N6O3/c1-3-26-12-17(19(29)16-5-4-14(2)24-20(16)26)21(30)28-11-15-10-23-22(25-18(15)13-28)27-6-8-31-9-7-27/h4-5,10,12H,3,6-9,11,13H2,1-2H3. The molecule has 5 heterocycles. The summed E-state index contributed by atoms with van der Waals surface area (Å²) in [5, 5.41) is 0.462. The average molecular weight is 420 g/mol. The highest BCUT2D eigenvalue weighted by atomic mass is 16.5. The highest BCUT2D eigenvalue weighted by Gasteiger charge is 2.29. The van der Waals surface area contributed by atoms with Crippen LogP contribution in [0.5, 0.6) is 0 Å². The number of fused-ring (bicyclic) bond motifs is 2. The molecule has 0 N–H and O–H groups in total. The summed E-state index contributed by atoms with van der Waals surface area (Å²) < 4.78 is 7.25. The van der Waals surface area contributed by atoms with Gasteiger partial charge in [0.2, 0.25) is 11.4 Å². The van der Waals surface area contributed by atoms with Gasteiger partial charge in [0.25, 0.3) is 5.91 Å². The maximum atomic E-state index is 13.3. The van der Waals surface area contributed by atoms with Gasteiger partial charge in [-0.1, -0.05) is 0 Å². The Bertz CT molecular complexity index is 1230. The van der Waals surface area contributed by atoms with Crippen LogP contribution in [-0.4, -0.2) is 56.6 Å². The Morgan fingerprint density at radius 2 is 1.97 bits per heavy atom. The van der Waals surface area contributed by atoms with Crippen molar-refractivity contribution in [2.24, 2.45) is 0 Å².